The summed E-state index contributed by atoms with van der Waals surface area (Å²) in [4.78, 5) is 14.4. The molecule has 1 aromatic carbocycles. The third kappa shape index (κ3) is 4.55. The van der Waals surface area contributed by atoms with Crippen LogP contribution >= 0.6 is 11.8 Å². The monoisotopic (exact) mass is 466 g/mol. The normalized spacial score (nSPS) is 31.0. The SMILES string of the molecule is O=C(NC12CC3CC(CC(C3)C1)C2)c1onc(OCc2ccccc2)c1SC1CCCCC1. The summed E-state index contributed by atoms with van der Waals surface area (Å²) in [5.74, 6) is 3.07. The molecule has 5 nitrogen and oxygen atoms in total. The van der Waals surface area contributed by atoms with Crippen molar-refractivity contribution in [3.63, 3.8) is 0 Å². The van der Waals surface area contributed by atoms with Gasteiger partial charge in [-0.05, 0) is 79.8 Å². The van der Waals surface area contributed by atoms with Crippen LogP contribution in [-0.2, 0) is 6.61 Å². The van der Waals surface area contributed by atoms with Gasteiger partial charge in [0.2, 0.25) is 5.76 Å². The second-order valence-corrected chi connectivity index (χ2v) is 12.3. The first-order valence-electron chi connectivity index (χ1n) is 12.8. The molecule has 1 heterocycles. The summed E-state index contributed by atoms with van der Waals surface area (Å²) in [6.07, 6.45) is 13.6. The Balaban J connectivity index is 1.22. The predicted octanol–water partition coefficient (Wildman–Crippen LogP) is 6.38. The Hall–Kier alpha value is -1.95. The zero-order valence-electron chi connectivity index (χ0n) is 19.3. The Morgan fingerprint density at radius 1 is 1.03 bits per heavy atom. The van der Waals surface area contributed by atoms with Gasteiger partial charge in [-0.15, -0.1) is 11.8 Å². The minimum atomic E-state index is -0.0997. The van der Waals surface area contributed by atoms with Crippen LogP contribution in [0.15, 0.2) is 39.8 Å². The largest absolute Gasteiger partial charge is 0.470 e. The average molecular weight is 467 g/mol. The molecule has 7 rings (SSSR count). The highest BCUT2D eigenvalue weighted by molar-refractivity contribution is 8.00. The molecule has 0 radical (unpaired) electrons. The van der Waals surface area contributed by atoms with Crippen molar-refractivity contribution in [1.82, 2.24) is 10.5 Å². The summed E-state index contributed by atoms with van der Waals surface area (Å²) in [7, 11) is 0. The molecule has 0 spiro atoms. The first-order chi connectivity index (χ1) is 16.2. The van der Waals surface area contributed by atoms with E-state index in [1.54, 1.807) is 11.8 Å². The Morgan fingerprint density at radius 3 is 2.36 bits per heavy atom. The molecule has 0 saturated heterocycles. The minimum Gasteiger partial charge on any atom is -0.470 e. The van der Waals surface area contributed by atoms with E-state index in [1.165, 1.54) is 51.4 Å². The van der Waals surface area contributed by atoms with Gasteiger partial charge in [0.1, 0.15) is 11.5 Å². The topological polar surface area (TPSA) is 64.4 Å². The molecule has 176 valence electrons. The lowest BCUT2D eigenvalue weighted by atomic mass is 9.53. The van der Waals surface area contributed by atoms with Gasteiger partial charge in [-0.3, -0.25) is 4.79 Å². The molecule has 0 atom stereocenters. The van der Waals surface area contributed by atoms with Gasteiger partial charge in [-0.2, -0.15) is 0 Å². The van der Waals surface area contributed by atoms with Crippen molar-refractivity contribution in [1.29, 1.82) is 0 Å². The van der Waals surface area contributed by atoms with E-state index in [0.717, 1.165) is 47.5 Å². The van der Waals surface area contributed by atoms with E-state index in [9.17, 15) is 4.79 Å². The first kappa shape index (κ1) is 21.6. The smallest absolute Gasteiger partial charge is 0.291 e. The number of aromatic nitrogens is 1. The van der Waals surface area contributed by atoms with Crippen LogP contribution in [0.25, 0.3) is 0 Å². The van der Waals surface area contributed by atoms with Crippen molar-refractivity contribution in [3.8, 4) is 5.88 Å². The number of thioether (sulfide) groups is 1. The lowest BCUT2D eigenvalue weighted by molar-refractivity contribution is -0.0173. The lowest BCUT2D eigenvalue weighted by Gasteiger charge is -2.56. The lowest BCUT2D eigenvalue weighted by Crippen LogP contribution is -2.59. The second-order valence-electron chi connectivity index (χ2n) is 11.0. The van der Waals surface area contributed by atoms with Gasteiger partial charge in [0.15, 0.2) is 0 Å². The summed E-state index contributed by atoms with van der Waals surface area (Å²) < 4.78 is 11.8. The van der Waals surface area contributed by atoms with Crippen LogP contribution in [-0.4, -0.2) is 21.9 Å². The van der Waals surface area contributed by atoms with Crippen LogP contribution in [0.2, 0.25) is 0 Å². The van der Waals surface area contributed by atoms with Crippen LogP contribution in [0.4, 0.5) is 0 Å². The molecule has 5 fully saturated rings. The van der Waals surface area contributed by atoms with E-state index >= 15 is 0 Å². The Kier molecular flexibility index (Phi) is 5.89. The van der Waals surface area contributed by atoms with Crippen LogP contribution < -0.4 is 10.1 Å². The first-order valence-corrected chi connectivity index (χ1v) is 13.7. The Labute approximate surface area is 200 Å². The van der Waals surface area contributed by atoms with Gasteiger partial charge >= 0.3 is 0 Å². The second kappa shape index (κ2) is 9.01. The number of hydrogen-bond acceptors (Lipinski definition) is 5. The fourth-order valence-corrected chi connectivity index (χ4v) is 8.58. The maximum atomic E-state index is 13.6. The molecule has 4 bridgehead atoms. The molecule has 0 unspecified atom stereocenters. The number of hydrogen-bond donors (Lipinski definition) is 1. The number of nitrogens with zero attached hydrogens (tertiary/aromatic N) is 1. The molecular formula is C27H34N2O3S. The maximum Gasteiger partial charge on any atom is 0.291 e. The summed E-state index contributed by atoms with van der Waals surface area (Å²) >= 11 is 1.74. The van der Waals surface area contributed by atoms with E-state index in [1.807, 2.05) is 30.3 Å². The van der Waals surface area contributed by atoms with Crippen molar-refractivity contribution < 1.29 is 14.1 Å². The van der Waals surface area contributed by atoms with Gasteiger partial charge in [-0.25, -0.2) is 0 Å². The number of carbonyl (C=O) groups excluding carboxylic acids is 1. The van der Waals surface area contributed by atoms with Crippen molar-refractivity contribution in [3.05, 3.63) is 41.7 Å². The zero-order valence-corrected chi connectivity index (χ0v) is 20.1. The molecule has 1 amide bonds. The number of ether oxygens (including phenoxy) is 1. The highest BCUT2D eigenvalue weighted by atomic mass is 32.2. The van der Waals surface area contributed by atoms with E-state index in [2.05, 4.69) is 10.5 Å². The Morgan fingerprint density at radius 2 is 1.70 bits per heavy atom. The zero-order chi connectivity index (χ0) is 22.3. The number of rotatable bonds is 7. The highest BCUT2D eigenvalue weighted by Gasteiger charge is 2.52. The van der Waals surface area contributed by atoms with Gasteiger partial charge in [-0.1, -0.05) is 49.6 Å². The van der Waals surface area contributed by atoms with Gasteiger partial charge in [0, 0.05) is 10.8 Å². The van der Waals surface area contributed by atoms with Crippen LogP contribution in [0, 0.1) is 17.8 Å². The number of nitrogens with one attached hydrogen (secondary N) is 1. The quantitative estimate of drug-likeness (QED) is 0.513. The summed E-state index contributed by atoms with van der Waals surface area (Å²) in [6.45, 7) is 0.418. The van der Waals surface area contributed by atoms with E-state index in [4.69, 9.17) is 9.26 Å². The third-order valence-electron chi connectivity index (χ3n) is 8.30. The number of carbonyl (C=O) groups is 1. The standard InChI is InChI=1S/C27H34N2O3S/c30-25(28-27-14-19-11-20(15-27)13-21(12-19)16-27)23-24(33-22-9-5-2-6-10-22)26(29-32-23)31-17-18-7-3-1-4-8-18/h1,3-4,7-8,19-22H,2,5-6,9-17H2,(H,28,30). The fourth-order valence-electron chi connectivity index (χ4n) is 7.24. The van der Waals surface area contributed by atoms with Crippen molar-refractivity contribution in [2.75, 3.05) is 0 Å². The minimum absolute atomic E-state index is 0.0452. The predicted molar refractivity (Wildman–Crippen MR) is 128 cm³/mol. The maximum absolute atomic E-state index is 13.6. The molecule has 5 aliphatic carbocycles. The Bertz CT molecular complexity index is 947. The molecule has 6 heteroatoms. The highest BCUT2D eigenvalue weighted by Crippen LogP contribution is 2.55. The van der Waals surface area contributed by atoms with Crippen molar-refractivity contribution >= 4 is 17.7 Å². The molecule has 2 aromatic rings. The van der Waals surface area contributed by atoms with Crippen LogP contribution in [0.3, 0.4) is 0 Å². The fraction of sp³-hybridized carbons (Fsp3) is 0.630. The summed E-state index contributed by atoms with van der Waals surface area (Å²) in [5.41, 5.74) is 1.03. The van der Waals surface area contributed by atoms with Crippen molar-refractivity contribution in [2.24, 2.45) is 17.8 Å². The van der Waals surface area contributed by atoms with Crippen LogP contribution in [0.5, 0.6) is 5.88 Å². The van der Waals surface area contributed by atoms with Gasteiger partial charge < -0.3 is 14.6 Å². The average Bonchev–Trinajstić information content (AvgIpc) is 3.20. The third-order valence-corrected chi connectivity index (χ3v) is 9.70. The molecule has 1 aromatic heterocycles. The molecule has 5 aliphatic rings. The number of benzene rings is 1. The molecule has 0 aliphatic heterocycles. The number of amides is 1. The summed E-state index contributed by atoms with van der Waals surface area (Å²) in [5, 5.41) is 8.19. The summed E-state index contributed by atoms with van der Waals surface area (Å²) in [6, 6.07) is 10.1. The van der Waals surface area contributed by atoms with Crippen LogP contribution in [0.1, 0.15) is 86.7 Å². The van der Waals surface area contributed by atoms with E-state index in [0.29, 0.717) is 23.5 Å². The van der Waals surface area contributed by atoms with Gasteiger partial charge in [0.05, 0.1) is 0 Å². The molecular weight excluding hydrogens is 432 g/mol. The van der Waals surface area contributed by atoms with E-state index in [-0.39, 0.29) is 11.4 Å². The molecule has 1 N–H and O–H groups in total. The molecule has 5 saturated carbocycles. The van der Waals surface area contributed by atoms with Crippen molar-refractivity contribution in [2.45, 2.75) is 92.9 Å². The van der Waals surface area contributed by atoms with E-state index < -0.39 is 0 Å². The molecule has 33 heavy (non-hydrogen) atoms. The van der Waals surface area contributed by atoms with Gasteiger partial charge in [0.25, 0.3) is 11.8 Å².